The summed E-state index contributed by atoms with van der Waals surface area (Å²) in [5.74, 6) is 1.80. The summed E-state index contributed by atoms with van der Waals surface area (Å²) in [7, 11) is 0. The van der Waals surface area contributed by atoms with E-state index in [9.17, 15) is 4.79 Å². The molecule has 0 aliphatic carbocycles. The van der Waals surface area contributed by atoms with E-state index in [1.165, 1.54) is 6.20 Å². The van der Waals surface area contributed by atoms with Crippen molar-refractivity contribution in [2.45, 2.75) is 39.7 Å². The number of benzene rings is 2. The number of carbonyl (C=O) groups excluding carboxylic acids is 1. The molecule has 0 atom stereocenters. The molecule has 42 heavy (non-hydrogen) atoms. The van der Waals surface area contributed by atoms with Crippen LogP contribution >= 0.6 is 11.6 Å². The number of halogens is 1. The van der Waals surface area contributed by atoms with Crippen molar-refractivity contribution in [1.82, 2.24) is 20.0 Å². The molecular formula is C31H38ClN7O3. The van der Waals surface area contributed by atoms with Crippen LogP contribution in [-0.4, -0.2) is 52.9 Å². The third-order valence-corrected chi connectivity index (χ3v) is 6.76. The summed E-state index contributed by atoms with van der Waals surface area (Å²) in [5.41, 5.74) is 8.93. The first-order valence-corrected chi connectivity index (χ1v) is 14.1. The van der Waals surface area contributed by atoms with Gasteiger partial charge in [-0.1, -0.05) is 56.6 Å². The van der Waals surface area contributed by atoms with Gasteiger partial charge in [-0.25, -0.2) is 9.48 Å². The van der Waals surface area contributed by atoms with Crippen molar-refractivity contribution in [1.29, 1.82) is 0 Å². The fourth-order valence-corrected chi connectivity index (χ4v) is 4.34. The molecule has 1 aliphatic rings. The minimum absolute atomic E-state index is 0.135. The molecule has 10 nitrogen and oxygen atoms in total. The molecular weight excluding hydrogens is 554 g/mol. The molecule has 0 radical (unpaired) electrons. The molecule has 0 unspecified atom stereocenters. The van der Waals surface area contributed by atoms with Crippen LogP contribution in [-0.2, 0) is 16.7 Å². The predicted molar refractivity (Wildman–Crippen MR) is 167 cm³/mol. The van der Waals surface area contributed by atoms with E-state index in [1.807, 2.05) is 42.2 Å². The van der Waals surface area contributed by atoms with Crippen LogP contribution < -0.4 is 21.1 Å². The molecule has 2 aromatic carbocycles. The summed E-state index contributed by atoms with van der Waals surface area (Å²) in [5, 5.41) is 11.1. The first kappa shape index (κ1) is 30.7. The normalized spacial score (nSPS) is 14.2. The largest absolute Gasteiger partial charge is 0.439 e. The number of amides is 2. The number of ether oxygens (including phenoxy) is 2. The number of aromatic nitrogens is 2. The van der Waals surface area contributed by atoms with E-state index in [1.54, 1.807) is 29.0 Å². The van der Waals surface area contributed by atoms with Gasteiger partial charge in [0.15, 0.2) is 0 Å². The van der Waals surface area contributed by atoms with Crippen LogP contribution in [0.15, 0.2) is 78.2 Å². The Labute approximate surface area is 251 Å². The molecule has 2 heterocycles. The number of rotatable bonds is 8. The zero-order valence-corrected chi connectivity index (χ0v) is 25.2. The smallest absolute Gasteiger partial charge is 0.320 e. The summed E-state index contributed by atoms with van der Waals surface area (Å²) in [4.78, 5) is 19.6. The van der Waals surface area contributed by atoms with Crippen molar-refractivity contribution in [2.24, 2.45) is 10.7 Å². The second-order valence-electron chi connectivity index (χ2n) is 10.9. The van der Waals surface area contributed by atoms with Crippen molar-refractivity contribution in [3.05, 3.63) is 95.1 Å². The summed E-state index contributed by atoms with van der Waals surface area (Å²) in [6, 6.07) is 14.6. The third-order valence-electron chi connectivity index (χ3n) is 6.53. The summed E-state index contributed by atoms with van der Waals surface area (Å²) >= 11 is 6.30. The van der Waals surface area contributed by atoms with Gasteiger partial charge >= 0.3 is 6.03 Å². The molecule has 4 rings (SSSR count). The number of hydrogen-bond acceptors (Lipinski definition) is 7. The average Bonchev–Trinajstić information content (AvgIpc) is 3.38. The molecule has 3 aromatic rings. The molecule has 1 aromatic heterocycles. The lowest BCUT2D eigenvalue weighted by Crippen LogP contribution is -2.35. The van der Waals surface area contributed by atoms with Crippen LogP contribution in [0.5, 0.6) is 5.75 Å². The fraction of sp³-hybridized carbons (Fsp3) is 0.323. The lowest BCUT2D eigenvalue weighted by atomic mass is 9.92. The first-order valence-electron chi connectivity index (χ1n) is 13.7. The van der Waals surface area contributed by atoms with Crippen LogP contribution in [0.4, 0.5) is 10.6 Å². The van der Waals surface area contributed by atoms with Crippen LogP contribution in [0.1, 0.15) is 37.6 Å². The van der Waals surface area contributed by atoms with Gasteiger partial charge in [0.1, 0.15) is 17.4 Å². The highest BCUT2D eigenvalue weighted by atomic mass is 35.5. The molecule has 1 saturated heterocycles. The number of nitrogens with zero attached hydrogens (tertiary/aromatic N) is 4. The lowest BCUT2D eigenvalue weighted by Gasteiger charge is -2.28. The molecule has 11 heteroatoms. The summed E-state index contributed by atoms with van der Waals surface area (Å²) in [6.07, 6.45) is 2.89. The molecule has 222 valence electrons. The highest BCUT2D eigenvalue weighted by molar-refractivity contribution is 6.30. The SMILES string of the molecule is C=C(/N=C(\C=C/N)Oc1ccc(Cl)cc1CNC(=O)Nc1cc(C(C)(C)C)nn1-c1ccc(C)cc1)N1CCOCC1. The van der Waals surface area contributed by atoms with Gasteiger partial charge < -0.3 is 25.4 Å². The second kappa shape index (κ2) is 13.6. The number of urea groups is 1. The highest BCUT2D eigenvalue weighted by Crippen LogP contribution is 2.27. The van der Waals surface area contributed by atoms with Gasteiger partial charge in [0.2, 0.25) is 5.90 Å². The standard InChI is InChI=1S/C31H38ClN7O3/c1-21-6-9-25(10-7-21)39-28(19-27(37-39)31(3,4)5)36-30(40)34-20-23-18-24(32)8-11-26(23)42-29(12-13-33)35-22(2)38-14-16-41-17-15-38/h6-13,18-19H,2,14-17,20,33H2,1,3-5H3,(H2,34,36,40)/b13-12-,35-29+. The Kier molecular flexibility index (Phi) is 9.92. The molecule has 2 amide bonds. The van der Waals surface area contributed by atoms with E-state index < -0.39 is 6.03 Å². The van der Waals surface area contributed by atoms with Crippen LogP contribution in [0.25, 0.3) is 5.69 Å². The Morgan fingerprint density at radius 2 is 1.90 bits per heavy atom. The lowest BCUT2D eigenvalue weighted by molar-refractivity contribution is 0.0533. The highest BCUT2D eigenvalue weighted by Gasteiger charge is 2.22. The van der Waals surface area contributed by atoms with E-state index in [4.69, 9.17) is 31.9 Å². The molecule has 1 fully saturated rings. The van der Waals surface area contributed by atoms with Gasteiger partial charge in [-0.05, 0) is 43.5 Å². The van der Waals surface area contributed by atoms with Crippen LogP contribution in [0.2, 0.25) is 5.02 Å². The summed E-state index contributed by atoms with van der Waals surface area (Å²) in [6.45, 7) is 15.0. The number of hydrogen-bond donors (Lipinski definition) is 3. The van der Waals surface area contributed by atoms with Gasteiger partial charge in [-0.3, -0.25) is 5.32 Å². The van der Waals surface area contributed by atoms with Gasteiger partial charge in [0.05, 0.1) is 24.6 Å². The van der Waals surface area contributed by atoms with Gasteiger partial charge in [0, 0.05) is 47.8 Å². The number of nitrogens with one attached hydrogen (secondary N) is 2. The maximum Gasteiger partial charge on any atom is 0.320 e. The average molecular weight is 592 g/mol. The minimum atomic E-state index is -0.411. The Morgan fingerprint density at radius 3 is 2.57 bits per heavy atom. The maximum absolute atomic E-state index is 13.1. The topological polar surface area (TPSA) is 119 Å². The van der Waals surface area contributed by atoms with E-state index in [2.05, 4.69) is 43.0 Å². The third kappa shape index (κ3) is 8.14. The zero-order chi connectivity index (χ0) is 30.3. The number of aryl methyl sites for hydroxylation is 1. The number of aliphatic imine (C=N–C) groups is 1. The molecule has 0 spiro atoms. The van der Waals surface area contributed by atoms with Gasteiger partial charge in [0.25, 0.3) is 0 Å². The Balaban J connectivity index is 1.50. The van der Waals surface area contributed by atoms with Gasteiger partial charge in [-0.2, -0.15) is 10.1 Å². The quantitative estimate of drug-likeness (QED) is 0.235. The van der Waals surface area contributed by atoms with Crippen molar-refractivity contribution >= 4 is 29.3 Å². The van der Waals surface area contributed by atoms with E-state index in [-0.39, 0.29) is 17.9 Å². The Bertz CT molecular complexity index is 1470. The predicted octanol–water partition coefficient (Wildman–Crippen LogP) is 5.51. The number of nitrogens with two attached hydrogens (primary N) is 1. The Hall–Kier alpha value is -4.28. The molecule has 0 bridgehead atoms. The summed E-state index contributed by atoms with van der Waals surface area (Å²) < 4.78 is 13.2. The van der Waals surface area contributed by atoms with E-state index in [0.717, 1.165) is 16.9 Å². The zero-order valence-electron chi connectivity index (χ0n) is 24.5. The van der Waals surface area contributed by atoms with Crippen molar-refractivity contribution in [3.8, 4) is 11.4 Å². The van der Waals surface area contributed by atoms with Crippen LogP contribution in [0, 0.1) is 6.92 Å². The number of morpholine rings is 1. The van der Waals surface area contributed by atoms with Crippen molar-refractivity contribution in [3.63, 3.8) is 0 Å². The molecule has 0 saturated carbocycles. The molecule has 1 aliphatic heterocycles. The fourth-order valence-electron chi connectivity index (χ4n) is 4.15. The monoisotopic (exact) mass is 591 g/mol. The minimum Gasteiger partial charge on any atom is -0.439 e. The van der Waals surface area contributed by atoms with Gasteiger partial charge in [-0.15, -0.1) is 0 Å². The van der Waals surface area contributed by atoms with E-state index >= 15 is 0 Å². The van der Waals surface area contributed by atoms with Crippen molar-refractivity contribution in [2.75, 3.05) is 31.6 Å². The van der Waals surface area contributed by atoms with Crippen LogP contribution in [0.3, 0.4) is 0 Å². The second-order valence-corrected chi connectivity index (χ2v) is 11.3. The van der Waals surface area contributed by atoms with Crippen molar-refractivity contribution < 1.29 is 14.3 Å². The number of carbonyl (C=O) groups is 1. The first-order chi connectivity index (χ1) is 20.0. The molecule has 4 N–H and O–H groups in total. The maximum atomic E-state index is 13.1. The number of anilines is 1. The Morgan fingerprint density at radius 1 is 1.19 bits per heavy atom. The van der Waals surface area contributed by atoms with E-state index in [0.29, 0.717) is 54.3 Å².